The van der Waals surface area contributed by atoms with Gasteiger partial charge in [0, 0.05) is 17.8 Å². The second-order valence-electron chi connectivity index (χ2n) is 4.02. The first-order valence-electron chi connectivity index (χ1n) is 5.12. The molecule has 1 heterocycles. The van der Waals surface area contributed by atoms with Gasteiger partial charge in [-0.2, -0.15) is 0 Å². The number of anilines is 1. The Morgan fingerprint density at radius 2 is 1.54 bits per heavy atom. The van der Waals surface area contributed by atoms with Crippen LogP contribution < -0.4 is 4.90 Å². The first-order valence-corrected chi connectivity index (χ1v) is 5.12. The molecule has 1 aliphatic rings. The number of hydrogen-bond donors (Lipinski definition) is 0. The van der Waals surface area contributed by atoms with Crippen LogP contribution in [0.25, 0.3) is 0 Å². The molecule has 1 aromatic carbocycles. The summed E-state index contributed by atoms with van der Waals surface area (Å²) in [6, 6.07) is 12.1. The summed E-state index contributed by atoms with van der Waals surface area (Å²) in [6.45, 7) is 4.63. The Balaban J connectivity index is 2.25. The summed E-state index contributed by atoms with van der Waals surface area (Å²) in [5.41, 5.74) is 1.38. The van der Waals surface area contributed by atoms with Crippen molar-refractivity contribution < 1.29 is 0 Å². The molecular weight excluding hydrogens is 158 g/mol. The van der Waals surface area contributed by atoms with Crippen molar-refractivity contribution in [1.82, 2.24) is 0 Å². The zero-order valence-electron chi connectivity index (χ0n) is 8.40. The van der Waals surface area contributed by atoms with Crippen molar-refractivity contribution in [3.63, 3.8) is 0 Å². The highest BCUT2D eigenvalue weighted by Crippen LogP contribution is 2.29. The Labute approximate surface area is 80.4 Å². The lowest BCUT2D eigenvalue weighted by molar-refractivity contribution is 0.694. The lowest BCUT2D eigenvalue weighted by Gasteiger charge is -2.28. The summed E-state index contributed by atoms with van der Waals surface area (Å²) in [5, 5.41) is 0. The number of para-hydroxylation sites is 1. The molecule has 2 rings (SSSR count). The summed E-state index contributed by atoms with van der Waals surface area (Å²) < 4.78 is 0. The Bertz CT molecular complexity index is 258. The van der Waals surface area contributed by atoms with E-state index in [-0.39, 0.29) is 0 Å². The van der Waals surface area contributed by atoms with E-state index < -0.39 is 0 Å². The monoisotopic (exact) mass is 175 g/mol. The second kappa shape index (κ2) is 3.41. The van der Waals surface area contributed by atoms with Gasteiger partial charge in [-0.3, -0.25) is 0 Å². The van der Waals surface area contributed by atoms with E-state index >= 15 is 0 Å². The molecule has 2 atom stereocenters. The van der Waals surface area contributed by atoms with Crippen LogP contribution in [-0.4, -0.2) is 12.1 Å². The minimum absolute atomic E-state index is 0.706. The molecule has 1 aliphatic heterocycles. The number of rotatable bonds is 1. The maximum Gasteiger partial charge on any atom is 0.0371 e. The molecule has 0 spiro atoms. The van der Waals surface area contributed by atoms with Crippen molar-refractivity contribution in [1.29, 1.82) is 0 Å². The van der Waals surface area contributed by atoms with Crippen LogP contribution in [0.4, 0.5) is 5.69 Å². The predicted molar refractivity (Wildman–Crippen MR) is 57.1 cm³/mol. The van der Waals surface area contributed by atoms with Gasteiger partial charge in [-0.05, 0) is 38.8 Å². The van der Waals surface area contributed by atoms with Gasteiger partial charge < -0.3 is 4.90 Å². The molecule has 1 saturated heterocycles. The van der Waals surface area contributed by atoms with Crippen LogP contribution in [0.3, 0.4) is 0 Å². The fraction of sp³-hybridized carbons (Fsp3) is 0.500. The molecule has 0 aromatic heterocycles. The average Bonchev–Trinajstić information content (AvgIpc) is 2.48. The summed E-state index contributed by atoms with van der Waals surface area (Å²) in [7, 11) is 0. The van der Waals surface area contributed by atoms with Crippen molar-refractivity contribution in [3.05, 3.63) is 30.3 Å². The van der Waals surface area contributed by atoms with Gasteiger partial charge >= 0.3 is 0 Å². The van der Waals surface area contributed by atoms with Crippen molar-refractivity contribution in [2.75, 3.05) is 4.90 Å². The molecule has 0 amide bonds. The molecule has 0 bridgehead atoms. The largest absolute Gasteiger partial charge is 0.366 e. The quantitative estimate of drug-likeness (QED) is 0.634. The minimum atomic E-state index is 0.706. The van der Waals surface area contributed by atoms with Crippen LogP contribution in [0.2, 0.25) is 0 Å². The van der Waals surface area contributed by atoms with E-state index in [4.69, 9.17) is 0 Å². The van der Waals surface area contributed by atoms with Crippen molar-refractivity contribution in [2.24, 2.45) is 0 Å². The van der Waals surface area contributed by atoms with Crippen LogP contribution in [0, 0.1) is 0 Å². The lowest BCUT2D eigenvalue weighted by atomic mass is 10.2. The molecule has 0 aliphatic carbocycles. The van der Waals surface area contributed by atoms with E-state index in [1.165, 1.54) is 18.5 Å². The van der Waals surface area contributed by atoms with Gasteiger partial charge in [0.1, 0.15) is 0 Å². The Morgan fingerprint density at radius 3 is 2.08 bits per heavy atom. The molecule has 13 heavy (non-hydrogen) atoms. The summed E-state index contributed by atoms with van der Waals surface area (Å²) in [4.78, 5) is 2.53. The van der Waals surface area contributed by atoms with E-state index in [0.29, 0.717) is 12.1 Å². The molecule has 70 valence electrons. The molecular formula is C12H17N. The number of nitrogens with zero attached hydrogens (tertiary/aromatic N) is 1. The molecule has 1 heteroatoms. The molecule has 1 fully saturated rings. The SMILES string of the molecule is C[C@@H]1CC[C@@H](C)N1c1ccccc1. The van der Waals surface area contributed by atoms with Crippen molar-refractivity contribution in [3.8, 4) is 0 Å². The van der Waals surface area contributed by atoms with Crippen LogP contribution in [0.5, 0.6) is 0 Å². The van der Waals surface area contributed by atoms with Gasteiger partial charge in [-0.1, -0.05) is 18.2 Å². The molecule has 0 radical (unpaired) electrons. The third kappa shape index (κ3) is 1.55. The molecule has 1 aromatic rings. The van der Waals surface area contributed by atoms with Crippen molar-refractivity contribution >= 4 is 5.69 Å². The Hall–Kier alpha value is -0.980. The third-order valence-electron chi connectivity index (χ3n) is 3.01. The predicted octanol–water partition coefficient (Wildman–Crippen LogP) is 3.06. The topological polar surface area (TPSA) is 3.24 Å². The van der Waals surface area contributed by atoms with E-state index in [1.54, 1.807) is 0 Å². The third-order valence-corrected chi connectivity index (χ3v) is 3.01. The minimum Gasteiger partial charge on any atom is -0.366 e. The van der Waals surface area contributed by atoms with E-state index in [2.05, 4.69) is 49.1 Å². The molecule has 0 unspecified atom stereocenters. The number of hydrogen-bond acceptors (Lipinski definition) is 1. The highest BCUT2D eigenvalue weighted by Gasteiger charge is 2.26. The van der Waals surface area contributed by atoms with Crippen molar-refractivity contribution in [2.45, 2.75) is 38.8 Å². The zero-order valence-corrected chi connectivity index (χ0v) is 8.40. The molecule has 1 nitrogen and oxygen atoms in total. The van der Waals surface area contributed by atoms with Gasteiger partial charge in [0.15, 0.2) is 0 Å². The maximum atomic E-state index is 2.53. The highest BCUT2D eigenvalue weighted by molar-refractivity contribution is 5.48. The summed E-state index contributed by atoms with van der Waals surface area (Å²) >= 11 is 0. The number of benzene rings is 1. The first-order chi connectivity index (χ1) is 6.29. The van der Waals surface area contributed by atoms with E-state index in [1.807, 2.05) is 0 Å². The standard InChI is InChI=1S/C12H17N/c1-10-8-9-11(2)13(10)12-6-4-3-5-7-12/h3-7,10-11H,8-9H2,1-2H3/t10-,11-/m1/s1. The van der Waals surface area contributed by atoms with Crippen LogP contribution in [0.15, 0.2) is 30.3 Å². The van der Waals surface area contributed by atoms with Gasteiger partial charge in [0.25, 0.3) is 0 Å². The second-order valence-corrected chi connectivity index (χ2v) is 4.02. The van der Waals surface area contributed by atoms with E-state index in [9.17, 15) is 0 Å². The van der Waals surface area contributed by atoms with Gasteiger partial charge in [-0.25, -0.2) is 0 Å². The van der Waals surface area contributed by atoms with Crippen LogP contribution in [0.1, 0.15) is 26.7 Å². The maximum absolute atomic E-state index is 2.53. The Morgan fingerprint density at radius 1 is 1.00 bits per heavy atom. The van der Waals surface area contributed by atoms with Gasteiger partial charge in [0.2, 0.25) is 0 Å². The normalized spacial score (nSPS) is 28.0. The summed E-state index contributed by atoms with van der Waals surface area (Å²) in [6.07, 6.45) is 2.66. The van der Waals surface area contributed by atoms with E-state index in [0.717, 1.165) is 0 Å². The summed E-state index contributed by atoms with van der Waals surface area (Å²) in [5.74, 6) is 0. The van der Waals surface area contributed by atoms with Gasteiger partial charge in [-0.15, -0.1) is 0 Å². The molecule has 0 saturated carbocycles. The average molecular weight is 175 g/mol. The van der Waals surface area contributed by atoms with Gasteiger partial charge in [0.05, 0.1) is 0 Å². The fourth-order valence-corrected chi connectivity index (χ4v) is 2.30. The highest BCUT2D eigenvalue weighted by atomic mass is 15.2. The van der Waals surface area contributed by atoms with Crippen LogP contribution >= 0.6 is 0 Å². The van der Waals surface area contributed by atoms with Crippen LogP contribution in [-0.2, 0) is 0 Å². The molecule has 0 N–H and O–H groups in total. The first kappa shape index (κ1) is 8.61. The lowest BCUT2D eigenvalue weighted by Crippen LogP contribution is -2.32. The zero-order chi connectivity index (χ0) is 9.26. The fourth-order valence-electron chi connectivity index (χ4n) is 2.30. The Kier molecular flexibility index (Phi) is 2.26. The smallest absolute Gasteiger partial charge is 0.0371 e.